The lowest BCUT2D eigenvalue weighted by atomic mass is 9.94. The summed E-state index contributed by atoms with van der Waals surface area (Å²) < 4.78 is 1.64. The molecule has 1 atom stereocenters. The van der Waals surface area contributed by atoms with E-state index in [1.165, 1.54) is 0 Å². The van der Waals surface area contributed by atoms with Crippen LogP contribution in [-0.2, 0) is 4.79 Å². The van der Waals surface area contributed by atoms with Crippen molar-refractivity contribution in [2.24, 2.45) is 0 Å². The molecule has 2 N–H and O–H groups in total. The molecule has 1 amide bonds. The van der Waals surface area contributed by atoms with Crippen molar-refractivity contribution in [2.75, 3.05) is 29.6 Å². The van der Waals surface area contributed by atoms with E-state index in [4.69, 9.17) is 0 Å². The number of anilines is 3. The van der Waals surface area contributed by atoms with Crippen LogP contribution in [0.5, 0.6) is 0 Å². The number of carbonyl (C=O) groups excluding carboxylic acids is 1. The summed E-state index contributed by atoms with van der Waals surface area (Å²) in [6, 6.07) is 17.0. The van der Waals surface area contributed by atoms with Gasteiger partial charge >= 0.3 is 0 Å². The van der Waals surface area contributed by atoms with E-state index in [0.29, 0.717) is 11.5 Å². The van der Waals surface area contributed by atoms with Gasteiger partial charge in [0.25, 0.3) is 5.91 Å². The van der Waals surface area contributed by atoms with E-state index in [0.717, 1.165) is 22.6 Å². The second-order valence-corrected chi connectivity index (χ2v) is 6.82. The molecule has 3 aromatic rings. The molecule has 0 radical (unpaired) electrons. The summed E-state index contributed by atoms with van der Waals surface area (Å²) in [5.74, 6) is 0.314. The Labute approximate surface area is 162 Å². The van der Waals surface area contributed by atoms with Gasteiger partial charge in [-0.2, -0.15) is 4.68 Å². The first kappa shape index (κ1) is 17.7. The van der Waals surface area contributed by atoms with Crippen molar-refractivity contribution in [3.8, 4) is 0 Å². The van der Waals surface area contributed by atoms with Crippen LogP contribution in [0.15, 0.2) is 65.9 Å². The molecule has 1 aliphatic rings. The number of hydrogen-bond donors (Lipinski definition) is 2. The van der Waals surface area contributed by atoms with Crippen LogP contribution in [0.2, 0.25) is 0 Å². The minimum atomic E-state index is -0.425. The topological polar surface area (TPSA) is 88.0 Å². The molecule has 2 heterocycles. The maximum absolute atomic E-state index is 13.2. The predicted molar refractivity (Wildman–Crippen MR) is 108 cm³/mol. The van der Waals surface area contributed by atoms with E-state index in [-0.39, 0.29) is 5.91 Å². The zero-order valence-corrected chi connectivity index (χ0v) is 15.9. The maximum atomic E-state index is 13.2. The standard InChI is InChI=1S/C20H21N7O/c1-13-17(19(28)22-15-7-5-4-6-8-15)18(27-20(21-13)23-24-25-27)14-9-11-16(12-10-14)26(2)3/h4-12,18H,1-3H3,(H,22,28)(H,21,23,25)/t18-/m1/s1. The Kier molecular flexibility index (Phi) is 4.52. The molecule has 0 bridgehead atoms. The SMILES string of the molecule is CC1=C(C(=O)Nc2ccccc2)[C@@H](c2ccc(N(C)C)cc2)n2nnnc2N1. The fraction of sp³-hybridized carbons (Fsp3) is 0.200. The summed E-state index contributed by atoms with van der Waals surface area (Å²) >= 11 is 0. The first-order valence-corrected chi connectivity index (χ1v) is 8.94. The quantitative estimate of drug-likeness (QED) is 0.729. The van der Waals surface area contributed by atoms with Gasteiger partial charge in [0.05, 0.1) is 5.57 Å². The van der Waals surface area contributed by atoms with Gasteiger partial charge in [-0.3, -0.25) is 4.79 Å². The molecule has 0 saturated heterocycles. The van der Waals surface area contributed by atoms with Crippen molar-refractivity contribution in [1.82, 2.24) is 20.2 Å². The summed E-state index contributed by atoms with van der Waals surface area (Å²) in [6.45, 7) is 1.86. The van der Waals surface area contributed by atoms with Crippen molar-refractivity contribution < 1.29 is 4.79 Å². The van der Waals surface area contributed by atoms with Crippen molar-refractivity contribution >= 4 is 23.2 Å². The van der Waals surface area contributed by atoms with Crippen LogP contribution in [0.1, 0.15) is 18.5 Å². The Balaban J connectivity index is 1.75. The van der Waals surface area contributed by atoms with Gasteiger partial charge in [0.1, 0.15) is 6.04 Å². The minimum Gasteiger partial charge on any atom is -0.378 e. The Morgan fingerprint density at radius 2 is 1.82 bits per heavy atom. The fourth-order valence-corrected chi connectivity index (χ4v) is 3.29. The zero-order valence-electron chi connectivity index (χ0n) is 15.9. The molecule has 142 valence electrons. The molecule has 1 aliphatic heterocycles. The molecule has 0 unspecified atom stereocenters. The predicted octanol–water partition coefficient (Wildman–Crippen LogP) is 2.67. The third-order valence-electron chi connectivity index (χ3n) is 4.72. The van der Waals surface area contributed by atoms with Gasteiger partial charge in [0, 0.05) is 31.2 Å². The summed E-state index contributed by atoms with van der Waals surface area (Å²) in [4.78, 5) is 15.2. The number of amides is 1. The van der Waals surface area contributed by atoms with Gasteiger partial charge in [-0.15, -0.1) is 0 Å². The smallest absolute Gasteiger partial charge is 0.255 e. The number of hydrogen-bond acceptors (Lipinski definition) is 6. The third-order valence-corrected chi connectivity index (χ3v) is 4.72. The fourth-order valence-electron chi connectivity index (χ4n) is 3.29. The lowest BCUT2D eigenvalue weighted by molar-refractivity contribution is -0.113. The normalized spacial score (nSPS) is 15.6. The Morgan fingerprint density at radius 1 is 1.11 bits per heavy atom. The highest BCUT2D eigenvalue weighted by Crippen LogP contribution is 2.35. The van der Waals surface area contributed by atoms with Crippen LogP contribution in [-0.4, -0.2) is 40.2 Å². The largest absolute Gasteiger partial charge is 0.378 e. The Hall–Kier alpha value is -3.68. The number of tetrazole rings is 1. The molecule has 28 heavy (non-hydrogen) atoms. The molecule has 4 rings (SSSR count). The average molecular weight is 375 g/mol. The molecule has 1 aromatic heterocycles. The van der Waals surface area contributed by atoms with E-state index >= 15 is 0 Å². The number of aromatic nitrogens is 4. The minimum absolute atomic E-state index is 0.195. The van der Waals surface area contributed by atoms with Crippen molar-refractivity contribution in [3.63, 3.8) is 0 Å². The van der Waals surface area contributed by atoms with Gasteiger partial charge in [-0.1, -0.05) is 35.4 Å². The Bertz CT molecular complexity index is 1020. The molecular formula is C20H21N7O. The van der Waals surface area contributed by atoms with Crippen molar-refractivity contribution in [3.05, 3.63) is 71.4 Å². The van der Waals surface area contributed by atoms with Gasteiger partial charge in [0.15, 0.2) is 0 Å². The second-order valence-electron chi connectivity index (χ2n) is 6.82. The molecular weight excluding hydrogens is 354 g/mol. The maximum Gasteiger partial charge on any atom is 0.255 e. The molecule has 0 fully saturated rings. The molecule has 0 spiro atoms. The van der Waals surface area contributed by atoms with E-state index in [9.17, 15) is 4.79 Å². The van der Waals surface area contributed by atoms with E-state index in [1.54, 1.807) is 4.68 Å². The number of allylic oxidation sites excluding steroid dienone is 1. The van der Waals surface area contributed by atoms with Crippen LogP contribution in [0.3, 0.4) is 0 Å². The zero-order chi connectivity index (χ0) is 19.7. The molecule has 8 heteroatoms. The molecule has 8 nitrogen and oxygen atoms in total. The second kappa shape index (κ2) is 7.15. The lowest BCUT2D eigenvalue weighted by Crippen LogP contribution is -2.31. The Morgan fingerprint density at radius 3 is 2.50 bits per heavy atom. The van der Waals surface area contributed by atoms with Gasteiger partial charge < -0.3 is 15.5 Å². The van der Waals surface area contributed by atoms with Gasteiger partial charge in [0.2, 0.25) is 5.95 Å². The third kappa shape index (κ3) is 3.20. The van der Waals surface area contributed by atoms with Crippen molar-refractivity contribution in [1.29, 1.82) is 0 Å². The first-order valence-electron chi connectivity index (χ1n) is 8.94. The number of nitrogens with zero attached hydrogens (tertiary/aromatic N) is 5. The molecule has 0 aliphatic carbocycles. The van der Waals surface area contributed by atoms with Crippen LogP contribution in [0.4, 0.5) is 17.3 Å². The molecule has 2 aromatic carbocycles. The van der Waals surface area contributed by atoms with E-state index in [2.05, 4.69) is 26.2 Å². The van der Waals surface area contributed by atoms with Crippen LogP contribution in [0, 0.1) is 0 Å². The summed E-state index contributed by atoms with van der Waals surface area (Å²) in [6.07, 6.45) is 0. The highest BCUT2D eigenvalue weighted by Gasteiger charge is 2.34. The first-order chi connectivity index (χ1) is 13.5. The highest BCUT2D eigenvalue weighted by atomic mass is 16.1. The number of carbonyl (C=O) groups is 1. The number of para-hydroxylation sites is 1. The number of nitrogens with one attached hydrogen (secondary N) is 2. The van der Waals surface area contributed by atoms with E-state index in [1.807, 2.05) is 80.5 Å². The highest BCUT2D eigenvalue weighted by molar-refractivity contribution is 6.06. The summed E-state index contributed by atoms with van der Waals surface area (Å²) in [7, 11) is 3.98. The number of fused-ring (bicyclic) bond motifs is 1. The number of rotatable bonds is 4. The summed E-state index contributed by atoms with van der Waals surface area (Å²) in [5, 5.41) is 18.0. The van der Waals surface area contributed by atoms with Crippen LogP contribution in [0.25, 0.3) is 0 Å². The van der Waals surface area contributed by atoms with Crippen LogP contribution >= 0.6 is 0 Å². The van der Waals surface area contributed by atoms with Crippen LogP contribution < -0.4 is 15.5 Å². The molecule has 0 saturated carbocycles. The van der Waals surface area contributed by atoms with Crippen molar-refractivity contribution in [2.45, 2.75) is 13.0 Å². The number of benzene rings is 2. The lowest BCUT2D eigenvalue weighted by Gasteiger charge is -2.28. The summed E-state index contributed by atoms with van der Waals surface area (Å²) in [5.41, 5.74) is 4.03. The van der Waals surface area contributed by atoms with E-state index < -0.39 is 6.04 Å². The monoisotopic (exact) mass is 375 g/mol. The average Bonchev–Trinajstić information content (AvgIpc) is 3.15. The van der Waals surface area contributed by atoms with Gasteiger partial charge in [-0.25, -0.2) is 0 Å². The van der Waals surface area contributed by atoms with Gasteiger partial charge in [-0.05, 0) is 47.2 Å².